The molecular formula is C25H35N5O9S. The van der Waals surface area contributed by atoms with E-state index in [0.29, 0.717) is 33.0 Å². The lowest BCUT2D eigenvalue weighted by Gasteiger charge is -2.19. The lowest BCUT2D eigenvalue weighted by Crippen LogP contribution is -2.34. The van der Waals surface area contributed by atoms with Gasteiger partial charge in [-0.05, 0) is 51.2 Å². The molecule has 2 aromatic rings. The minimum Gasteiger partial charge on any atom is -0.444 e. The third-order valence-electron chi connectivity index (χ3n) is 4.74. The number of carbonyl (C=O) groups excluding carboxylic acids is 3. The molecule has 1 aromatic heterocycles. The summed E-state index contributed by atoms with van der Waals surface area (Å²) in [4.78, 5) is 51.0. The molecule has 0 aliphatic carbocycles. The number of alkyl carbamates (subject to hydrolysis) is 1. The molecule has 0 saturated heterocycles. The van der Waals surface area contributed by atoms with Gasteiger partial charge < -0.3 is 29.6 Å². The average Bonchev–Trinajstić information content (AvgIpc) is 3.24. The highest BCUT2D eigenvalue weighted by Gasteiger charge is 2.21. The van der Waals surface area contributed by atoms with Crippen molar-refractivity contribution in [1.29, 1.82) is 0 Å². The van der Waals surface area contributed by atoms with Crippen LogP contribution in [0.4, 0.5) is 20.6 Å². The number of nitrogens with zero attached hydrogens (tertiary/aromatic N) is 2. The van der Waals surface area contributed by atoms with Crippen LogP contribution >= 0.6 is 11.3 Å². The fraction of sp³-hybridized carbons (Fsp3) is 0.520. The molecule has 0 unspecified atom stereocenters. The van der Waals surface area contributed by atoms with E-state index in [1.165, 1.54) is 13.0 Å². The molecule has 15 heteroatoms. The molecule has 3 N–H and O–H groups in total. The highest BCUT2D eigenvalue weighted by atomic mass is 32.1. The van der Waals surface area contributed by atoms with Crippen LogP contribution in [0.3, 0.4) is 0 Å². The molecule has 1 heterocycles. The molecule has 0 aliphatic rings. The van der Waals surface area contributed by atoms with E-state index in [-0.39, 0.29) is 52.6 Å². The number of benzene rings is 1. The number of hydrogen-bond acceptors (Lipinski definition) is 11. The maximum Gasteiger partial charge on any atom is 0.407 e. The number of aromatic nitrogens is 1. The van der Waals surface area contributed by atoms with Gasteiger partial charge in [-0.3, -0.25) is 25.0 Å². The maximum atomic E-state index is 12.7. The van der Waals surface area contributed by atoms with Crippen molar-refractivity contribution >= 4 is 45.1 Å². The number of nitro groups is 1. The van der Waals surface area contributed by atoms with Crippen molar-refractivity contribution < 1.29 is 38.3 Å². The fourth-order valence-corrected chi connectivity index (χ4v) is 3.80. The van der Waals surface area contributed by atoms with E-state index in [1.54, 1.807) is 39.0 Å². The van der Waals surface area contributed by atoms with Gasteiger partial charge in [0.2, 0.25) is 5.91 Å². The van der Waals surface area contributed by atoms with Crippen molar-refractivity contribution in [2.24, 2.45) is 0 Å². The topological polar surface area (TPSA) is 180 Å². The van der Waals surface area contributed by atoms with Crippen molar-refractivity contribution in [3.8, 4) is 0 Å². The van der Waals surface area contributed by atoms with E-state index in [2.05, 4.69) is 20.9 Å². The third kappa shape index (κ3) is 12.5. The van der Waals surface area contributed by atoms with Crippen molar-refractivity contribution in [3.63, 3.8) is 0 Å². The molecular weight excluding hydrogens is 546 g/mol. The van der Waals surface area contributed by atoms with Crippen molar-refractivity contribution in [2.75, 3.05) is 56.8 Å². The molecule has 0 fully saturated rings. The second-order valence-corrected chi connectivity index (χ2v) is 10.2. The number of nitrogens with one attached hydrogen (secondary N) is 3. The Morgan fingerprint density at radius 1 is 0.975 bits per heavy atom. The summed E-state index contributed by atoms with van der Waals surface area (Å²) in [5.74, 6) is -0.911. The van der Waals surface area contributed by atoms with Crippen molar-refractivity contribution in [2.45, 2.75) is 39.7 Å². The Balaban J connectivity index is 1.59. The lowest BCUT2D eigenvalue weighted by molar-refractivity contribution is -0.380. The zero-order valence-corrected chi connectivity index (χ0v) is 23.8. The van der Waals surface area contributed by atoms with Gasteiger partial charge in [0.25, 0.3) is 5.91 Å². The molecule has 3 amide bonds. The molecule has 1 aromatic carbocycles. The number of thiazole rings is 1. The average molecular weight is 582 g/mol. The Bertz CT molecular complexity index is 1150. The third-order valence-corrected chi connectivity index (χ3v) is 5.76. The Morgan fingerprint density at radius 2 is 1.60 bits per heavy atom. The van der Waals surface area contributed by atoms with Gasteiger partial charge >= 0.3 is 11.1 Å². The Labute approximate surface area is 235 Å². The van der Waals surface area contributed by atoms with Crippen LogP contribution in [0.25, 0.3) is 0 Å². The van der Waals surface area contributed by atoms with Crippen molar-refractivity contribution in [1.82, 2.24) is 10.3 Å². The molecule has 0 aliphatic heterocycles. The molecule has 0 radical (unpaired) electrons. The molecule has 0 saturated carbocycles. The highest BCUT2D eigenvalue weighted by Crippen LogP contribution is 2.30. The number of rotatable bonds is 16. The maximum absolute atomic E-state index is 12.7. The Hall–Kier alpha value is -3.66. The van der Waals surface area contributed by atoms with E-state index in [1.807, 2.05) is 0 Å². The Kier molecular flexibility index (Phi) is 13.4. The second-order valence-electron chi connectivity index (χ2n) is 9.23. The van der Waals surface area contributed by atoms with E-state index < -0.39 is 22.5 Å². The summed E-state index contributed by atoms with van der Waals surface area (Å²) in [6.45, 7) is 8.95. The number of aryl methyl sites for hydroxylation is 1. The van der Waals surface area contributed by atoms with Gasteiger partial charge in [0.15, 0.2) is 5.13 Å². The second kappa shape index (κ2) is 16.4. The van der Waals surface area contributed by atoms with Crippen LogP contribution in [0.5, 0.6) is 0 Å². The largest absolute Gasteiger partial charge is 0.444 e. The number of amides is 3. The summed E-state index contributed by atoms with van der Waals surface area (Å²) >= 11 is 0.756. The quantitative estimate of drug-likeness (QED) is 0.151. The molecule has 0 atom stereocenters. The van der Waals surface area contributed by atoms with E-state index in [9.17, 15) is 24.5 Å². The Morgan fingerprint density at radius 3 is 2.23 bits per heavy atom. The first-order chi connectivity index (χ1) is 19.0. The van der Waals surface area contributed by atoms with Crippen LogP contribution in [0, 0.1) is 17.0 Å². The molecule has 0 bridgehead atoms. The van der Waals surface area contributed by atoms with Crippen molar-refractivity contribution in [3.05, 3.63) is 45.6 Å². The SMILES string of the molecule is Cc1nc(NC(=O)c2ccccc2NC(=O)CCOCCOCCOCCNC(=O)OC(C)(C)C)sc1[N+](=O)[O-]. The summed E-state index contributed by atoms with van der Waals surface area (Å²) in [5.41, 5.74) is 0.128. The smallest absolute Gasteiger partial charge is 0.407 e. The molecule has 220 valence electrons. The first-order valence-electron chi connectivity index (χ1n) is 12.5. The monoisotopic (exact) mass is 581 g/mol. The van der Waals surface area contributed by atoms with Gasteiger partial charge in [-0.2, -0.15) is 0 Å². The number of ether oxygens (including phenoxy) is 4. The minimum absolute atomic E-state index is 0.0571. The normalized spacial score (nSPS) is 11.1. The van der Waals surface area contributed by atoms with Crippen LogP contribution < -0.4 is 16.0 Å². The standard InChI is InChI=1S/C25H35N5O9S/c1-17-22(30(34)35)40-23(27-17)29-21(32)18-7-5-6-8-19(18)28-20(31)9-11-36-13-15-38-16-14-37-12-10-26-24(33)39-25(2,3)4/h5-8H,9-16H2,1-4H3,(H,26,33)(H,28,31)(H,27,29,32). The van der Waals surface area contributed by atoms with Gasteiger partial charge in [0, 0.05) is 6.54 Å². The lowest BCUT2D eigenvalue weighted by atomic mass is 10.1. The molecule has 14 nitrogen and oxygen atoms in total. The van der Waals surface area contributed by atoms with Crippen LogP contribution in [0.1, 0.15) is 43.2 Å². The van der Waals surface area contributed by atoms with Gasteiger partial charge in [0.1, 0.15) is 11.3 Å². The summed E-state index contributed by atoms with van der Waals surface area (Å²) in [6.07, 6.45) is -0.439. The van der Waals surface area contributed by atoms with Crippen LogP contribution in [-0.4, -0.2) is 79.6 Å². The zero-order valence-electron chi connectivity index (χ0n) is 22.9. The van der Waals surface area contributed by atoms with Gasteiger partial charge in [-0.25, -0.2) is 9.78 Å². The number of para-hydroxylation sites is 1. The predicted octanol–water partition coefficient (Wildman–Crippen LogP) is 3.52. The van der Waals surface area contributed by atoms with E-state index in [0.717, 1.165) is 11.3 Å². The molecule has 2 rings (SSSR count). The van der Waals surface area contributed by atoms with Crippen LogP contribution in [0.15, 0.2) is 24.3 Å². The number of anilines is 2. The van der Waals surface area contributed by atoms with Gasteiger partial charge in [-0.15, -0.1) is 0 Å². The highest BCUT2D eigenvalue weighted by molar-refractivity contribution is 7.19. The fourth-order valence-electron chi connectivity index (χ4n) is 3.02. The van der Waals surface area contributed by atoms with Crippen LogP contribution in [-0.2, 0) is 23.7 Å². The van der Waals surface area contributed by atoms with E-state index >= 15 is 0 Å². The zero-order chi connectivity index (χ0) is 29.5. The predicted molar refractivity (Wildman–Crippen MR) is 148 cm³/mol. The van der Waals surface area contributed by atoms with Crippen LogP contribution in [0.2, 0.25) is 0 Å². The molecule has 40 heavy (non-hydrogen) atoms. The minimum atomic E-state index is -0.559. The summed E-state index contributed by atoms with van der Waals surface area (Å²) in [5, 5.41) is 18.8. The summed E-state index contributed by atoms with van der Waals surface area (Å²) in [7, 11) is 0. The van der Waals surface area contributed by atoms with Gasteiger partial charge in [0.05, 0.1) is 62.2 Å². The number of hydrogen-bond donors (Lipinski definition) is 3. The van der Waals surface area contributed by atoms with Gasteiger partial charge in [-0.1, -0.05) is 12.1 Å². The first-order valence-corrected chi connectivity index (χ1v) is 13.3. The van der Waals surface area contributed by atoms with E-state index in [4.69, 9.17) is 18.9 Å². The molecule has 0 spiro atoms. The first kappa shape index (κ1) is 32.6. The number of carbonyl (C=O) groups is 3. The summed E-state index contributed by atoms with van der Waals surface area (Å²) < 4.78 is 21.3. The summed E-state index contributed by atoms with van der Waals surface area (Å²) in [6, 6.07) is 6.40.